The summed E-state index contributed by atoms with van der Waals surface area (Å²) in [5, 5.41) is 2.86. The van der Waals surface area contributed by atoms with Crippen LogP contribution in [0.1, 0.15) is 34.6 Å². The number of amides is 2. The summed E-state index contributed by atoms with van der Waals surface area (Å²) in [4.78, 5) is 39.2. The van der Waals surface area contributed by atoms with Crippen LogP contribution in [0, 0.1) is 0 Å². The van der Waals surface area contributed by atoms with Gasteiger partial charge < -0.3 is 24.3 Å². The lowest BCUT2D eigenvalue weighted by Crippen LogP contribution is -2.55. The first-order chi connectivity index (χ1) is 18.4. The number of aromatic nitrogens is 2. The van der Waals surface area contributed by atoms with Crippen molar-refractivity contribution in [1.29, 1.82) is 0 Å². The van der Waals surface area contributed by atoms with Gasteiger partial charge in [0.2, 0.25) is 6.35 Å². The van der Waals surface area contributed by atoms with E-state index in [1.807, 2.05) is 26.0 Å². The molecule has 3 saturated heterocycles. The van der Waals surface area contributed by atoms with E-state index < -0.39 is 24.5 Å². The van der Waals surface area contributed by atoms with E-state index in [1.54, 1.807) is 53.4 Å². The van der Waals surface area contributed by atoms with Gasteiger partial charge in [0.1, 0.15) is 30.3 Å². The van der Waals surface area contributed by atoms with Gasteiger partial charge in [0.25, 0.3) is 11.8 Å². The molecule has 11 nitrogen and oxygen atoms in total. The van der Waals surface area contributed by atoms with Crippen molar-refractivity contribution in [2.45, 2.75) is 50.5 Å². The number of carbonyl (C=O) groups excluding carboxylic acids is 2. The van der Waals surface area contributed by atoms with E-state index in [1.165, 1.54) is 11.2 Å². The first kappa shape index (κ1) is 23.2. The monoisotopic (exact) mass is 515 g/mol. The van der Waals surface area contributed by atoms with Crippen LogP contribution in [0.4, 0.5) is 17.3 Å². The molecule has 5 heterocycles. The van der Waals surface area contributed by atoms with Crippen molar-refractivity contribution in [2.24, 2.45) is 0 Å². The predicted octanol–water partition coefficient (Wildman–Crippen LogP) is 2.75. The molecule has 11 heteroatoms. The van der Waals surface area contributed by atoms with Crippen LogP contribution >= 0.6 is 0 Å². The van der Waals surface area contributed by atoms with Crippen LogP contribution in [-0.2, 0) is 18.9 Å². The number of fused-ring (bicyclic) bond motifs is 9. The average Bonchev–Trinajstić information content (AvgIpc) is 3.48. The lowest BCUT2D eigenvalue weighted by atomic mass is 10.1. The molecule has 0 unspecified atom stereocenters. The van der Waals surface area contributed by atoms with Crippen LogP contribution in [0.2, 0.25) is 0 Å². The highest BCUT2D eigenvalue weighted by molar-refractivity contribution is 6.14. The Kier molecular flexibility index (Phi) is 5.24. The highest BCUT2D eigenvalue weighted by Crippen LogP contribution is 2.50. The summed E-state index contributed by atoms with van der Waals surface area (Å²) in [7, 11) is 0. The van der Waals surface area contributed by atoms with Crippen molar-refractivity contribution >= 4 is 29.1 Å². The minimum absolute atomic E-state index is 0.171. The quantitative estimate of drug-likeness (QED) is 0.562. The van der Waals surface area contributed by atoms with Crippen molar-refractivity contribution in [2.75, 3.05) is 21.7 Å². The maximum absolute atomic E-state index is 14.0. The van der Waals surface area contributed by atoms with E-state index in [4.69, 9.17) is 18.9 Å². The molecule has 3 fully saturated rings. The van der Waals surface area contributed by atoms with Crippen molar-refractivity contribution in [3.63, 3.8) is 0 Å². The highest BCUT2D eigenvalue weighted by atomic mass is 16.8. The van der Waals surface area contributed by atoms with E-state index >= 15 is 0 Å². The lowest BCUT2D eigenvalue weighted by molar-refractivity contribution is -0.186. The summed E-state index contributed by atoms with van der Waals surface area (Å²) in [6, 6.07) is 17.6. The fraction of sp³-hybridized carbons (Fsp3) is 0.333. The summed E-state index contributed by atoms with van der Waals surface area (Å²) in [5.41, 5.74) is 1.22. The van der Waals surface area contributed by atoms with Gasteiger partial charge in [0.05, 0.1) is 6.61 Å². The first-order valence-electron chi connectivity index (χ1n) is 12.4. The smallest absolute Gasteiger partial charge is 0.262 e. The Balaban J connectivity index is 1.34. The fourth-order valence-corrected chi connectivity index (χ4v) is 5.50. The second-order valence-electron chi connectivity index (χ2n) is 9.95. The number of benzene rings is 2. The van der Waals surface area contributed by atoms with Gasteiger partial charge in [-0.05, 0) is 38.1 Å². The van der Waals surface area contributed by atoms with Crippen LogP contribution < -0.4 is 15.1 Å². The second kappa shape index (κ2) is 8.57. The molecule has 194 valence electrons. The Morgan fingerprint density at radius 1 is 0.947 bits per heavy atom. The van der Waals surface area contributed by atoms with E-state index in [9.17, 15) is 9.59 Å². The lowest BCUT2D eigenvalue weighted by Gasteiger charge is -2.34. The summed E-state index contributed by atoms with van der Waals surface area (Å²) < 4.78 is 25.0. The molecule has 38 heavy (non-hydrogen) atoms. The molecule has 2 amide bonds. The topological polar surface area (TPSA) is 115 Å². The number of nitrogens with one attached hydrogen (secondary N) is 1. The molecule has 4 aliphatic rings. The SMILES string of the molecule is CC1(C)O[C@@H]2[C@H](O1)[C@H]1CO[C@H]3N(C(=O)c4ccccc4)c4c(NC(=O)c5ccccc5)ncnc4N3[C@@H]2O1. The maximum Gasteiger partial charge on any atom is 0.262 e. The van der Waals surface area contributed by atoms with Crippen molar-refractivity contribution in [3.05, 3.63) is 78.1 Å². The van der Waals surface area contributed by atoms with E-state index in [2.05, 4.69) is 15.3 Å². The molecule has 2 bridgehead atoms. The number of hydrogen-bond donors (Lipinski definition) is 1. The van der Waals surface area contributed by atoms with E-state index in [0.717, 1.165) is 0 Å². The summed E-state index contributed by atoms with van der Waals surface area (Å²) in [5.74, 6) is -0.925. The van der Waals surface area contributed by atoms with E-state index in [0.29, 0.717) is 22.6 Å². The standard InChI is InChI=1S/C27H25N5O6/c1-27(2)37-19-17-13-35-26-31(24(34)16-11-7-4-8-12-16)18-21(30-23(33)15-9-5-3-6-10-15)28-14-29-22(18)32(26)25(36-17)20(19)38-27/h3-12,14,17,19-20,25-26H,13H2,1-2H3,(H,28,29,30,33)/t17-,19-,20-,25-,26+/m1/s1. The van der Waals surface area contributed by atoms with Gasteiger partial charge >= 0.3 is 0 Å². The third kappa shape index (κ3) is 3.58. The number of anilines is 3. The van der Waals surface area contributed by atoms with Crippen LogP contribution in [0.5, 0.6) is 0 Å². The van der Waals surface area contributed by atoms with Gasteiger partial charge in [0, 0.05) is 11.1 Å². The molecule has 1 aromatic heterocycles. The minimum Gasteiger partial charge on any atom is -0.347 e. The fourth-order valence-electron chi connectivity index (χ4n) is 5.50. The molecule has 0 saturated carbocycles. The second-order valence-corrected chi connectivity index (χ2v) is 9.95. The normalized spacial score (nSPS) is 28.3. The molecule has 7 rings (SSSR count). The Labute approximate surface area is 218 Å². The van der Waals surface area contributed by atoms with Crippen molar-refractivity contribution in [1.82, 2.24) is 9.97 Å². The van der Waals surface area contributed by atoms with Gasteiger partial charge in [-0.1, -0.05) is 36.4 Å². The molecule has 2 aromatic carbocycles. The third-order valence-electron chi connectivity index (χ3n) is 7.06. The van der Waals surface area contributed by atoms with Crippen molar-refractivity contribution in [3.8, 4) is 0 Å². The number of ether oxygens (including phenoxy) is 4. The molecule has 1 N–H and O–H groups in total. The van der Waals surface area contributed by atoms with Crippen LogP contribution in [0.25, 0.3) is 0 Å². The van der Waals surface area contributed by atoms with E-state index in [-0.39, 0.29) is 36.4 Å². The summed E-state index contributed by atoms with van der Waals surface area (Å²) in [6.07, 6.45) is -1.34. The number of hydrogen-bond acceptors (Lipinski definition) is 9. The largest absolute Gasteiger partial charge is 0.347 e. The van der Waals surface area contributed by atoms with Gasteiger partial charge in [-0.25, -0.2) is 9.97 Å². The Morgan fingerprint density at radius 3 is 2.37 bits per heavy atom. The molecule has 0 radical (unpaired) electrons. The Bertz CT molecular complexity index is 1400. The Morgan fingerprint density at radius 2 is 1.63 bits per heavy atom. The predicted molar refractivity (Wildman–Crippen MR) is 134 cm³/mol. The molecular weight excluding hydrogens is 490 g/mol. The molecule has 5 atom stereocenters. The number of nitrogens with zero attached hydrogens (tertiary/aromatic N) is 4. The zero-order chi connectivity index (χ0) is 26.0. The molecule has 0 spiro atoms. The first-order valence-corrected chi connectivity index (χ1v) is 12.4. The highest BCUT2D eigenvalue weighted by Gasteiger charge is 2.62. The summed E-state index contributed by atoms with van der Waals surface area (Å²) in [6.45, 7) is 3.89. The number of carbonyl (C=O) groups is 2. The Hall–Kier alpha value is -3.90. The summed E-state index contributed by atoms with van der Waals surface area (Å²) >= 11 is 0. The van der Waals surface area contributed by atoms with Crippen LogP contribution in [0.15, 0.2) is 67.0 Å². The number of rotatable bonds is 3. The van der Waals surface area contributed by atoms with Gasteiger partial charge in [-0.3, -0.25) is 19.4 Å². The third-order valence-corrected chi connectivity index (χ3v) is 7.06. The zero-order valence-electron chi connectivity index (χ0n) is 20.7. The molecular formula is C27H25N5O6. The van der Waals surface area contributed by atoms with Gasteiger partial charge in [-0.15, -0.1) is 0 Å². The van der Waals surface area contributed by atoms with Gasteiger partial charge in [0.15, 0.2) is 23.7 Å². The molecule has 4 aliphatic heterocycles. The zero-order valence-corrected chi connectivity index (χ0v) is 20.7. The average molecular weight is 516 g/mol. The van der Waals surface area contributed by atoms with Crippen LogP contribution in [-0.4, -0.2) is 65.1 Å². The molecule has 0 aliphatic carbocycles. The molecule has 3 aromatic rings. The maximum atomic E-state index is 14.0. The van der Waals surface area contributed by atoms with Gasteiger partial charge in [-0.2, -0.15) is 0 Å². The van der Waals surface area contributed by atoms with Crippen molar-refractivity contribution < 1.29 is 28.5 Å². The van der Waals surface area contributed by atoms with Crippen LogP contribution in [0.3, 0.4) is 0 Å². The minimum atomic E-state index is -0.898.